The molecule has 0 radical (unpaired) electrons. The summed E-state index contributed by atoms with van der Waals surface area (Å²) in [6.07, 6.45) is 0. The maximum absolute atomic E-state index is 13.8. The summed E-state index contributed by atoms with van der Waals surface area (Å²) < 4.78 is 20.6. The molecule has 3 aromatic rings. The van der Waals surface area contributed by atoms with Crippen molar-refractivity contribution in [2.45, 2.75) is 18.6 Å². The van der Waals surface area contributed by atoms with Crippen LogP contribution in [0.4, 0.5) is 4.39 Å². The van der Waals surface area contributed by atoms with Crippen molar-refractivity contribution in [3.63, 3.8) is 0 Å². The molecule has 5 nitrogen and oxygen atoms in total. The lowest BCUT2D eigenvalue weighted by atomic mass is 10.1. The summed E-state index contributed by atoms with van der Waals surface area (Å²) in [5.74, 6) is 0.158. The Morgan fingerprint density at radius 3 is 2.74 bits per heavy atom. The van der Waals surface area contributed by atoms with E-state index in [0.29, 0.717) is 28.1 Å². The van der Waals surface area contributed by atoms with E-state index in [1.54, 1.807) is 12.1 Å². The summed E-state index contributed by atoms with van der Waals surface area (Å²) in [5, 5.41) is 9.66. The zero-order valence-electron chi connectivity index (χ0n) is 14.8. The van der Waals surface area contributed by atoms with Crippen molar-refractivity contribution in [1.82, 2.24) is 14.8 Å². The lowest BCUT2D eigenvalue weighted by molar-refractivity contribution is 0.102. The number of ether oxygens (including phenoxy) is 1. The maximum Gasteiger partial charge on any atom is 0.191 e. The second-order valence-corrected chi connectivity index (χ2v) is 7.00. The number of carbonyl (C=O) groups is 1. The highest BCUT2D eigenvalue weighted by molar-refractivity contribution is 7.99. The number of carbonyl (C=O) groups excluding carboxylic acids is 1. The van der Waals surface area contributed by atoms with Crippen molar-refractivity contribution in [1.29, 1.82) is 0 Å². The van der Waals surface area contributed by atoms with Crippen LogP contribution < -0.4 is 4.74 Å². The topological polar surface area (TPSA) is 57.0 Å². The number of nitrogens with zero attached hydrogens (tertiary/aromatic N) is 3. The van der Waals surface area contributed by atoms with Crippen molar-refractivity contribution in [3.8, 4) is 17.1 Å². The molecule has 0 aliphatic rings. The molecule has 0 saturated carbocycles. The molecule has 0 N–H and O–H groups in total. The van der Waals surface area contributed by atoms with Crippen LogP contribution in [0.3, 0.4) is 0 Å². The molecule has 0 aliphatic heterocycles. The van der Waals surface area contributed by atoms with Crippen LogP contribution in [-0.4, -0.2) is 33.4 Å². The number of methoxy groups -OCH3 is 1. The van der Waals surface area contributed by atoms with Gasteiger partial charge in [0.15, 0.2) is 28.3 Å². The molecule has 1 heterocycles. The van der Waals surface area contributed by atoms with E-state index in [1.807, 2.05) is 29.7 Å². The third-order valence-corrected chi connectivity index (χ3v) is 5.12. The fourth-order valence-corrected chi connectivity index (χ4v) is 3.66. The van der Waals surface area contributed by atoms with E-state index in [9.17, 15) is 9.18 Å². The van der Waals surface area contributed by atoms with Gasteiger partial charge in [-0.2, -0.15) is 0 Å². The molecular formula is C19H17ClFN3O2S. The largest absolute Gasteiger partial charge is 0.494 e. The van der Waals surface area contributed by atoms with E-state index in [2.05, 4.69) is 10.2 Å². The Kier molecular flexibility index (Phi) is 6.13. The molecule has 0 bridgehead atoms. The predicted octanol–water partition coefficient (Wildman–Crippen LogP) is 4.74. The molecule has 2 aromatic carbocycles. The van der Waals surface area contributed by atoms with Gasteiger partial charge in [0.05, 0.1) is 12.9 Å². The molecule has 0 spiro atoms. The average Bonchev–Trinajstić information content (AvgIpc) is 3.09. The van der Waals surface area contributed by atoms with Gasteiger partial charge >= 0.3 is 0 Å². The Hall–Kier alpha value is -2.38. The Labute approximate surface area is 165 Å². The maximum atomic E-state index is 13.8. The third-order valence-electron chi connectivity index (χ3n) is 3.92. The van der Waals surface area contributed by atoms with E-state index in [1.165, 1.54) is 31.0 Å². The minimum atomic E-state index is -0.562. The molecule has 0 saturated heterocycles. The van der Waals surface area contributed by atoms with Crippen LogP contribution in [0.5, 0.6) is 5.75 Å². The van der Waals surface area contributed by atoms with Crippen LogP contribution in [0.25, 0.3) is 11.4 Å². The Morgan fingerprint density at radius 1 is 1.26 bits per heavy atom. The number of halogens is 2. The van der Waals surface area contributed by atoms with Crippen molar-refractivity contribution < 1.29 is 13.9 Å². The van der Waals surface area contributed by atoms with Gasteiger partial charge in [-0.1, -0.05) is 35.5 Å². The fourth-order valence-electron chi connectivity index (χ4n) is 2.57. The van der Waals surface area contributed by atoms with Gasteiger partial charge in [0.1, 0.15) is 0 Å². The number of thioether (sulfide) groups is 1. The first kappa shape index (κ1) is 19.4. The first-order valence-corrected chi connectivity index (χ1v) is 9.58. The van der Waals surface area contributed by atoms with Crippen molar-refractivity contribution >= 4 is 29.1 Å². The third kappa shape index (κ3) is 4.31. The molecule has 0 atom stereocenters. The van der Waals surface area contributed by atoms with E-state index in [4.69, 9.17) is 16.3 Å². The minimum Gasteiger partial charge on any atom is -0.494 e. The highest BCUT2D eigenvalue weighted by Gasteiger charge is 2.16. The van der Waals surface area contributed by atoms with Crippen LogP contribution >= 0.6 is 23.4 Å². The van der Waals surface area contributed by atoms with E-state index >= 15 is 0 Å². The summed E-state index contributed by atoms with van der Waals surface area (Å²) >= 11 is 7.32. The summed E-state index contributed by atoms with van der Waals surface area (Å²) in [4.78, 5) is 12.4. The van der Waals surface area contributed by atoms with Gasteiger partial charge in [-0.3, -0.25) is 4.79 Å². The smallest absolute Gasteiger partial charge is 0.191 e. The summed E-state index contributed by atoms with van der Waals surface area (Å²) in [7, 11) is 1.38. The number of hydrogen-bond donors (Lipinski definition) is 0. The lowest BCUT2D eigenvalue weighted by Crippen LogP contribution is -2.06. The van der Waals surface area contributed by atoms with Crippen LogP contribution in [0.1, 0.15) is 17.3 Å². The van der Waals surface area contributed by atoms with Gasteiger partial charge in [0.25, 0.3) is 0 Å². The quantitative estimate of drug-likeness (QED) is 0.419. The summed E-state index contributed by atoms with van der Waals surface area (Å²) in [6, 6.07) is 11.5. The predicted molar refractivity (Wildman–Crippen MR) is 104 cm³/mol. The molecule has 0 amide bonds. The highest BCUT2D eigenvalue weighted by atomic mass is 35.5. The monoisotopic (exact) mass is 405 g/mol. The van der Waals surface area contributed by atoms with Crippen molar-refractivity contribution in [3.05, 3.63) is 58.9 Å². The standard InChI is InChI=1S/C19H17ClFN3O2S/c1-3-24-18(13-5-4-6-14(20)9-13)22-23-19(24)27-11-16(25)12-7-8-17(26-2)15(21)10-12/h4-10H,3,11H2,1-2H3. The first-order chi connectivity index (χ1) is 13.0. The highest BCUT2D eigenvalue weighted by Crippen LogP contribution is 2.26. The van der Waals surface area contributed by atoms with Gasteiger partial charge in [0, 0.05) is 22.7 Å². The first-order valence-electron chi connectivity index (χ1n) is 8.22. The number of hydrogen-bond acceptors (Lipinski definition) is 5. The average molecular weight is 406 g/mol. The Morgan fingerprint density at radius 2 is 2.07 bits per heavy atom. The van der Waals surface area contributed by atoms with E-state index < -0.39 is 5.82 Å². The summed E-state index contributed by atoms with van der Waals surface area (Å²) in [5.41, 5.74) is 1.14. The van der Waals surface area contributed by atoms with Crippen LogP contribution in [0, 0.1) is 5.82 Å². The van der Waals surface area contributed by atoms with E-state index in [0.717, 1.165) is 5.56 Å². The normalized spacial score (nSPS) is 10.8. The Bertz CT molecular complexity index is 977. The van der Waals surface area contributed by atoms with Crippen LogP contribution in [-0.2, 0) is 6.54 Å². The van der Waals surface area contributed by atoms with Crippen LogP contribution in [0.2, 0.25) is 5.02 Å². The van der Waals surface area contributed by atoms with Gasteiger partial charge in [-0.25, -0.2) is 4.39 Å². The zero-order chi connectivity index (χ0) is 19.4. The molecular weight excluding hydrogens is 389 g/mol. The molecule has 27 heavy (non-hydrogen) atoms. The number of aromatic nitrogens is 3. The molecule has 140 valence electrons. The molecule has 0 fully saturated rings. The fraction of sp³-hybridized carbons (Fsp3) is 0.211. The second kappa shape index (κ2) is 8.54. The van der Waals surface area contributed by atoms with Gasteiger partial charge < -0.3 is 9.30 Å². The number of ketones is 1. The van der Waals surface area contributed by atoms with Crippen molar-refractivity contribution in [2.24, 2.45) is 0 Å². The SMILES string of the molecule is CCn1c(SCC(=O)c2ccc(OC)c(F)c2)nnc1-c1cccc(Cl)c1. The van der Waals surface area contributed by atoms with Gasteiger partial charge in [0.2, 0.25) is 0 Å². The molecule has 3 rings (SSSR count). The minimum absolute atomic E-state index is 0.107. The van der Waals surface area contributed by atoms with Crippen LogP contribution in [0.15, 0.2) is 47.6 Å². The number of Topliss-reactive ketones (excluding diaryl/α,β-unsaturated/α-hetero) is 1. The summed E-state index contributed by atoms with van der Waals surface area (Å²) in [6.45, 7) is 2.62. The lowest BCUT2D eigenvalue weighted by Gasteiger charge is -2.08. The molecule has 8 heteroatoms. The van der Waals surface area contributed by atoms with Crippen molar-refractivity contribution in [2.75, 3.05) is 12.9 Å². The number of rotatable bonds is 7. The molecule has 1 aromatic heterocycles. The zero-order valence-corrected chi connectivity index (χ0v) is 16.4. The second-order valence-electron chi connectivity index (χ2n) is 5.62. The van der Waals surface area contributed by atoms with E-state index in [-0.39, 0.29) is 17.3 Å². The Balaban J connectivity index is 1.76. The number of benzene rings is 2. The molecule has 0 aliphatic carbocycles. The molecule has 0 unspecified atom stereocenters. The van der Waals surface area contributed by atoms with Gasteiger partial charge in [-0.05, 0) is 37.3 Å². The van der Waals surface area contributed by atoms with Gasteiger partial charge in [-0.15, -0.1) is 10.2 Å².